The molecule has 0 rings (SSSR count). The van der Waals surface area contributed by atoms with Crippen molar-refractivity contribution < 1.29 is 24.5 Å². The van der Waals surface area contributed by atoms with Crippen LogP contribution in [0.25, 0.3) is 0 Å². The van der Waals surface area contributed by atoms with Crippen molar-refractivity contribution in [1.82, 2.24) is 5.32 Å². The predicted octanol–water partition coefficient (Wildman–Crippen LogP) is 16.8. The number of esters is 1. The van der Waals surface area contributed by atoms with Crippen molar-refractivity contribution in [2.24, 2.45) is 0 Å². The number of hydrogen-bond acceptors (Lipinski definition) is 5. The summed E-state index contributed by atoms with van der Waals surface area (Å²) < 4.78 is 5.92. The Balaban J connectivity index is 4.49. The van der Waals surface area contributed by atoms with Crippen molar-refractivity contribution in [3.8, 4) is 0 Å². The van der Waals surface area contributed by atoms with Crippen molar-refractivity contribution in [2.75, 3.05) is 6.61 Å². The van der Waals surface area contributed by atoms with Crippen molar-refractivity contribution in [2.45, 2.75) is 289 Å². The zero-order chi connectivity index (χ0) is 46.7. The quantitative estimate of drug-likeness (QED) is 0.0245. The Morgan fingerprint density at radius 1 is 0.484 bits per heavy atom. The summed E-state index contributed by atoms with van der Waals surface area (Å²) in [6, 6.07) is -0.714. The zero-order valence-electron chi connectivity index (χ0n) is 42.4. The Labute approximate surface area is 397 Å². The highest BCUT2D eigenvalue weighted by Crippen LogP contribution is 2.18. The fourth-order valence-electron chi connectivity index (χ4n) is 8.23. The second kappa shape index (κ2) is 51.5. The molecule has 0 saturated heterocycles. The highest BCUT2D eigenvalue weighted by Gasteiger charge is 2.24. The van der Waals surface area contributed by atoms with Crippen LogP contribution in [0.3, 0.4) is 0 Å². The van der Waals surface area contributed by atoms with E-state index in [1.165, 1.54) is 148 Å². The van der Waals surface area contributed by atoms with Gasteiger partial charge in [0, 0.05) is 6.42 Å². The number of unbranched alkanes of at least 4 members (excludes halogenated alkanes) is 29. The minimum atomic E-state index is -0.799. The molecule has 6 heteroatoms. The number of ether oxygens (including phenoxy) is 1. The van der Waals surface area contributed by atoms with E-state index in [0.717, 1.165) is 77.0 Å². The Morgan fingerprint density at radius 2 is 0.906 bits per heavy atom. The molecule has 0 fully saturated rings. The van der Waals surface area contributed by atoms with Crippen LogP contribution < -0.4 is 5.32 Å². The number of rotatable bonds is 49. The first-order valence-corrected chi connectivity index (χ1v) is 27.5. The van der Waals surface area contributed by atoms with Gasteiger partial charge in [-0.05, 0) is 77.0 Å². The normalized spacial score (nSPS) is 13.6. The largest absolute Gasteiger partial charge is 0.462 e. The summed E-state index contributed by atoms with van der Waals surface area (Å²) >= 11 is 0. The molecular formula is C58H105NO5. The van der Waals surface area contributed by atoms with Gasteiger partial charge in [0.15, 0.2) is 0 Å². The first kappa shape index (κ1) is 61.6. The number of carbonyl (C=O) groups excluding carboxylic acids is 2. The summed E-state index contributed by atoms with van der Waals surface area (Å²) in [5.41, 5.74) is 0. The van der Waals surface area contributed by atoms with E-state index in [1.807, 2.05) is 6.08 Å². The van der Waals surface area contributed by atoms with E-state index in [0.29, 0.717) is 19.3 Å². The Kier molecular flexibility index (Phi) is 49.6. The second-order valence-electron chi connectivity index (χ2n) is 18.7. The van der Waals surface area contributed by atoms with Gasteiger partial charge in [0.2, 0.25) is 5.91 Å². The van der Waals surface area contributed by atoms with E-state index in [-0.39, 0.29) is 24.9 Å². The number of aliphatic hydroxyl groups excluding tert-OH is 2. The van der Waals surface area contributed by atoms with E-state index in [4.69, 9.17) is 4.74 Å². The van der Waals surface area contributed by atoms with E-state index < -0.39 is 18.2 Å². The molecule has 372 valence electrons. The Bertz CT molecular complexity index is 1140. The topological polar surface area (TPSA) is 95.9 Å². The number of carbonyl (C=O) groups is 2. The lowest BCUT2D eigenvalue weighted by atomic mass is 10.0. The summed E-state index contributed by atoms with van der Waals surface area (Å²) in [5, 5.41) is 23.8. The van der Waals surface area contributed by atoms with Gasteiger partial charge in [0.25, 0.3) is 0 Å². The lowest BCUT2D eigenvalue weighted by Gasteiger charge is -2.24. The summed E-state index contributed by atoms with van der Waals surface area (Å²) in [5.74, 6) is -0.509. The van der Waals surface area contributed by atoms with Gasteiger partial charge < -0.3 is 20.3 Å². The molecule has 0 aromatic heterocycles. The van der Waals surface area contributed by atoms with E-state index >= 15 is 0 Å². The van der Waals surface area contributed by atoms with E-state index in [9.17, 15) is 19.8 Å². The molecule has 3 atom stereocenters. The van der Waals surface area contributed by atoms with Crippen molar-refractivity contribution in [3.63, 3.8) is 0 Å². The summed E-state index contributed by atoms with van der Waals surface area (Å²) in [6.07, 6.45) is 64.3. The molecule has 0 aliphatic rings. The number of allylic oxidation sites excluding steroid dienone is 10. The van der Waals surface area contributed by atoms with Crippen LogP contribution in [0.5, 0.6) is 0 Å². The average molecular weight is 896 g/mol. The van der Waals surface area contributed by atoms with Gasteiger partial charge in [0.1, 0.15) is 6.10 Å². The van der Waals surface area contributed by atoms with Crippen molar-refractivity contribution in [3.05, 3.63) is 60.8 Å². The highest BCUT2D eigenvalue weighted by molar-refractivity contribution is 5.77. The van der Waals surface area contributed by atoms with Gasteiger partial charge in [-0.3, -0.25) is 9.59 Å². The lowest BCUT2D eigenvalue weighted by Crippen LogP contribution is -2.46. The Hall–Kier alpha value is -2.44. The molecule has 0 aromatic carbocycles. The summed E-state index contributed by atoms with van der Waals surface area (Å²) in [4.78, 5) is 26.2. The van der Waals surface area contributed by atoms with Crippen LogP contribution in [0.2, 0.25) is 0 Å². The molecule has 0 aliphatic heterocycles. The number of aliphatic hydroxyl groups is 2. The fourth-order valence-corrected chi connectivity index (χ4v) is 8.23. The molecular weight excluding hydrogens is 791 g/mol. The van der Waals surface area contributed by atoms with Crippen LogP contribution in [-0.4, -0.2) is 46.9 Å². The second-order valence-corrected chi connectivity index (χ2v) is 18.7. The third-order valence-electron chi connectivity index (χ3n) is 12.4. The average Bonchev–Trinajstić information content (AvgIpc) is 3.29. The van der Waals surface area contributed by atoms with Crippen LogP contribution in [0.15, 0.2) is 60.8 Å². The van der Waals surface area contributed by atoms with E-state index in [1.54, 1.807) is 0 Å². The summed E-state index contributed by atoms with van der Waals surface area (Å²) in [7, 11) is 0. The molecule has 0 bridgehead atoms. The van der Waals surface area contributed by atoms with Gasteiger partial charge in [-0.2, -0.15) is 0 Å². The van der Waals surface area contributed by atoms with Crippen LogP contribution in [0.4, 0.5) is 0 Å². The predicted molar refractivity (Wildman–Crippen MR) is 278 cm³/mol. The molecule has 3 unspecified atom stereocenters. The first-order chi connectivity index (χ1) is 31.5. The molecule has 1 amide bonds. The van der Waals surface area contributed by atoms with Crippen molar-refractivity contribution in [1.29, 1.82) is 0 Å². The third-order valence-corrected chi connectivity index (χ3v) is 12.4. The zero-order valence-corrected chi connectivity index (χ0v) is 42.4. The number of hydrogen-bond donors (Lipinski definition) is 3. The minimum absolute atomic E-state index is 0.0523. The van der Waals surface area contributed by atoms with Gasteiger partial charge in [-0.15, -0.1) is 0 Å². The third kappa shape index (κ3) is 46.1. The standard InChI is InChI=1S/C58H105NO5/c1-4-7-10-13-16-19-22-24-26-27-28-29-31-33-36-39-42-45-48-51-58(63)64-54(49-46-43-40-37-34-21-18-15-12-9-6-3)52-57(62)59-55(53-60)56(61)50-47-44-41-38-35-32-30-25-23-20-17-14-11-8-5-2/h9,12,15-16,18-19,21,24,26,34,54-56,60-61H,4-8,10-11,13-14,17,20,22-23,25,27-33,35-53H2,1-3H3,(H,59,62)/b12-9+,18-15+,19-16-,26-24-,34-21-. The van der Waals surface area contributed by atoms with E-state index in [2.05, 4.69) is 80.8 Å². The van der Waals surface area contributed by atoms with Gasteiger partial charge in [0.05, 0.1) is 25.2 Å². The number of amides is 1. The fraction of sp³-hybridized carbons (Fsp3) is 0.793. The maximum absolute atomic E-state index is 13.2. The smallest absolute Gasteiger partial charge is 0.306 e. The van der Waals surface area contributed by atoms with Crippen LogP contribution >= 0.6 is 0 Å². The monoisotopic (exact) mass is 896 g/mol. The maximum atomic E-state index is 13.2. The molecule has 0 radical (unpaired) electrons. The van der Waals surface area contributed by atoms with Gasteiger partial charge >= 0.3 is 5.97 Å². The van der Waals surface area contributed by atoms with Gasteiger partial charge in [-0.1, -0.05) is 242 Å². The van der Waals surface area contributed by atoms with Crippen molar-refractivity contribution >= 4 is 11.9 Å². The molecule has 6 nitrogen and oxygen atoms in total. The SMILES string of the molecule is CC/C=C/C=C/C=C\CCCCCC(CC(=O)NC(CO)C(O)CCCCCCCCCCCCCCCCC)OC(=O)CCCCCCCCCCC/C=C\C/C=C\CCCCC. The van der Waals surface area contributed by atoms with Crippen LogP contribution in [0, 0.1) is 0 Å². The molecule has 64 heavy (non-hydrogen) atoms. The molecule has 0 aromatic rings. The summed E-state index contributed by atoms with van der Waals surface area (Å²) in [6.45, 7) is 6.33. The molecule has 0 saturated carbocycles. The molecule has 3 N–H and O–H groups in total. The molecule has 0 heterocycles. The highest BCUT2D eigenvalue weighted by atomic mass is 16.5. The van der Waals surface area contributed by atoms with Crippen LogP contribution in [0.1, 0.15) is 271 Å². The Morgan fingerprint density at radius 3 is 1.44 bits per heavy atom. The lowest BCUT2D eigenvalue weighted by molar-refractivity contribution is -0.151. The number of nitrogens with one attached hydrogen (secondary N) is 1. The van der Waals surface area contributed by atoms with Crippen LogP contribution in [-0.2, 0) is 14.3 Å². The molecule has 0 spiro atoms. The molecule has 0 aliphatic carbocycles. The minimum Gasteiger partial charge on any atom is -0.462 e. The first-order valence-electron chi connectivity index (χ1n) is 27.5. The van der Waals surface area contributed by atoms with Gasteiger partial charge in [-0.25, -0.2) is 0 Å². The maximum Gasteiger partial charge on any atom is 0.306 e.